The van der Waals surface area contributed by atoms with E-state index in [0.29, 0.717) is 19.7 Å². The van der Waals surface area contributed by atoms with Crippen LogP contribution in [0.2, 0.25) is 0 Å². The molecule has 3 rings (SSSR count). The number of nitrogens with one attached hydrogen (secondary N) is 2. The van der Waals surface area contributed by atoms with Crippen molar-refractivity contribution in [3.63, 3.8) is 0 Å². The second-order valence-electron chi connectivity index (χ2n) is 6.83. The molecule has 1 aliphatic heterocycles. The predicted octanol–water partition coefficient (Wildman–Crippen LogP) is 3.21. The average Bonchev–Trinajstić information content (AvgIpc) is 3.27. The maximum absolute atomic E-state index is 12.2. The third-order valence-electron chi connectivity index (χ3n) is 4.94. The molecule has 0 saturated carbocycles. The van der Waals surface area contributed by atoms with Crippen molar-refractivity contribution >= 4 is 6.03 Å². The van der Waals surface area contributed by atoms with Gasteiger partial charge in [0.05, 0.1) is 19.7 Å². The van der Waals surface area contributed by atoms with Crippen molar-refractivity contribution in [2.24, 2.45) is 0 Å². The maximum Gasteiger partial charge on any atom is 0.314 e. The minimum atomic E-state index is -0.168. The van der Waals surface area contributed by atoms with Gasteiger partial charge in [-0.05, 0) is 55.8 Å². The van der Waals surface area contributed by atoms with Gasteiger partial charge in [-0.15, -0.1) is 0 Å². The molecule has 28 heavy (non-hydrogen) atoms. The van der Waals surface area contributed by atoms with E-state index in [2.05, 4.69) is 39.8 Å². The number of rotatable bonds is 9. The predicted molar refractivity (Wildman–Crippen MR) is 110 cm³/mol. The van der Waals surface area contributed by atoms with Crippen LogP contribution in [-0.2, 0) is 0 Å². The molecule has 1 unspecified atom stereocenters. The SMILES string of the molecule is COc1ccc(OCCNC(=O)NCC(c2ccccc2)N2CCCC2)cc1. The summed E-state index contributed by atoms with van der Waals surface area (Å²) in [4.78, 5) is 14.6. The standard InChI is InChI=1S/C22H29N3O3/c1-27-19-9-11-20(12-10-19)28-16-13-23-22(26)24-17-21(25-14-5-6-15-25)18-7-3-2-4-8-18/h2-4,7-12,21H,5-6,13-17H2,1H3,(H2,23,24,26). The van der Waals surface area contributed by atoms with Crippen LogP contribution in [0, 0.1) is 0 Å². The number of ether oxygens (including phenoxy) is 2. The molecule has 6 nitrogen and oxygen atoms in total. The van der Waals surface area contributed by atoms with Crippen LogP contribution >= 0.6 is 0 Å². The summed E-state index contributed by atoms with van der Waals surface area (Å²) in [6.45, 7) is 3.61. The van der Waals surface area contributed by atoms with Gasteiger partial charge in [-0.1, -0.05) is 30.3 Å². The molecular weight excluding hydrogens is 354 g/mol. The van der Waals surface area contributed by atoms with Crippen molar-refractivity contribution in [2.75, 3.05) is 39.9 Å². The Bertz CT molecular complexity index is 716. The van der Waals surface area contributed by atoms with Crippen molar-refractivity contribution in [2.45, 2.75) is 18.9 Å². The Labute approximate surface area is 166 Å². The van der Waals surface area contributed by atoms with Crippen LogP contribution in [-0.4, -0.2) is 50.8 Å². The van der Waals surface area contributed by atoms with Crippen LogP contribution < -0.4 is 20.1 Å². The first kappa shape index (κ1) is 20.0. The van der Waals surface area contributed by atoms with E-state index in [-0.39, 0.29) is 12.1 Å². The second-order valence-corrected chi connectivity index (χ2v) is 6.83. The summed E-state index contributed by atoms with van der Waals surface area (Å²) in [7, 11) is 1.63. The monoisotopic (exact) mass is 383 g/mol. The summed E-state index contributed by atoms with van der Waals surface area (Å²) in [6.07, 6.45) is 2.44. The van der Waals surface area contributed by atoms with Crippen LogP contribution in [0.5, 0.6) is 11.5 Å². The zero-order valence-corrected chi connectivity index (χ0v) is 16.4. The maximum atomic E-state index is 12.2. The molecular formula is C22H29N3O3. The lowest BCUT2D eigenvalue weighted by atomic mass is 10.1. The molecule has 1 fully saturated rings. The van der Waals surface area contributed by atoms with Gasteiger partial charge in [-0.2, -0.15) is 0 Å². The molecule has 150 valence electrons. The Kier molecular flexibility index (Phi) is 7.55. The van der Waals surface area contributed by atoms with Gasteiger partial charge < -0.3 is 20.1 Å². The van der Waals surface area contributed by atoms with E-state index in [1.807, 2.05) is 30.3 Å². The fraction of sp³-hybridized carbons (Fsp3) is 0.409. The number of urea groups is 1. The molecule has 0 spiro atoms. The fourth-order valence-electron chi connectivity index (χ4n) is 3.44. The summed E-state index contributed by atoms with van der Waals surface area (Å²) >= 11 is 0. The lowest BCUT2D eigenvalue weighted by Gasteiger charge is -2.28. The molecule has 0 bridgehead atoms. The highest BCUT2D eigenvalue weighted by atomic mass is 16.5. The highest BCUT2D eigenvalue weighted by Crippen LogP contribution is 2.24. The summed E-state index contributed by atoms with van der Waals surface area (Å²) in [5.41, 5.74) is 1.24. The molecule has 0 aromatic heterocycles. The van der Waals surface area contributed by atoms with E-state index in [1.165, 1.54) is 18.4 Å². The van der Waals surface area contributed by atoms with Gasteiger partial charge >= 0.3 is 6.03 Å². The van der Waals surface area contributed by atoms with Gasteiger partial charge in [0.1, 0.15) is 18.1 Å². The molecule has 6 heteroatoms. The first-order valence-electron chi connectivity index (χ1n) is 9.84. The zero-order valence-electron chi connectivity index (χ0n) is 16.4. The number of hydrogen-bond donors (Lipinski definition) is 2. The number of likely N-dealkylation sites (tertiary alicyclic amines) is 1. The van der Waals surface area contributed by atoms with Crippen molar-refractivity contribution in [3.8, 4) is 11.5 Å². The van der Waals surface area contributed by atoms with Crippen LogP contribution in [0.25, 0.3) is 0 Å². The summed E-state index contributed by atoms with van der Waals surface area (Å²) in [6, 6.07) is 17.8. The van der Waals surface area contributed by atoms with Crippen molar-refractivity contribution < 1.29 is 14.3 Å². The highest BCUT2D eigenvalue weighted by molar-refractivity contribution is 5.73. The van der Waals surface area contributed by atoms with Gasteiger partial charge in [0.15, 0.2) is 0 Å². The van der Waals surface area contributed by atoms with Crippen molar-refractivity contribution in [1.82, 2.24) is 15.5 Å². The minimum Gasteiger partial charge on any atom is -0.497 e. The summed E-state index contributed by atoms with van der Waals surface area (Å²) in [5, 5.41) is 5.86. The molecule has 2 amide bonds. The number of carbonyl (C=O) groups excluding carboxylic acids is 1. The molecule has 2 aromatic rings. The minimum absolute atomic E-state index is 0.168. The first-order chi connectivity index (χ1) is 13.8. The van der Waals surface area contributed by atoms with Gasteiger partial charge in [-0.25, -0.2) is 4.79 Å². The zero-order chi connectivity index (χ0) is 19.6. The Hall–Kier alpha value is -2.73. The number of amides is 2. The Balaban J connectivity index is 1.40. The molecule has 0 aliphatic carbocycles. The molecule has 2 aromatic carbocycles. The summed E-state index contributed by atoms with van der Waals surface area (Å²) in [5.74, 6) is 1.54. The van der Waals surface area contributed by atoms with E-state index in [4.69, 9.17) is 9.47 Å². The van der Waals surface area contributed by atoms with Gasteiger partial charge in [-0.3, -0.25) is 4.90 Å². The largest absolute Gasteiger partial charge is 0.497 e. The highest BCUT2D eigenvalue weighted by Gasteiger charge is 2.23. The van der Waals surface area contributed by atoms with Crippen LogP contribution in [0.1, 0.15) is 24.4 Å². The van der Waals surface area contributed by atoms with E-state index < -0.39 is 0 Å². The van der Waals surface area contributed by atoms with Crippen molar-refractivity contribution in [3.05, 3.63) is 60.2 Å². The van der Waals surface area contributed by atoms with Crippen LogP contribution in [0.4, 0.5) is 4.79 Å². The summed E-state index contributed by atoms with van der Waals surface area (Å²) < 4.78 is 10.7. The van der Waals surface area contributed by atoms with E-state index in [1.54, 1.807) is 7.11 Å². The smallest absolute Gasteiger partial charge is 0.314 e. The second kappa shape index (κ2) is 10.6. The Morgan fingerprint density at radius 1 is 1.00 bits per heavy atom. The fourth-order valence-corrected chi connectivity index (χ4v) is 3.44. The van der Waals surface area contributed by atoms with Gasteiger partial charge in [0.2, 0.25) is 0 Å². The molecule has 1 aliphatic rings. The lowest BCUT2D eigenvalue weighted by Crippen LogP contribution is -2.42. The van der Waals surface area contributed by atoms with E-state index in [9.17, 15) is 4.79 Å². The molecule has 1 heterocycles. The van der Waals surface area contributed by atoms with Gasteiger partial charge in [0, 0.05) is 6.54 Å². The molecule has 1 atom stereocenters. The number of benzene rings is 2. The van der Waals surface area contributed by atoms with Crippen LogP contribution in [0.3, 0.4) is 0 Å². The van der Waals surface area contributed by atoms with Gasteiger partial charge in [0.25, 0.3) is 0 Å². The first-order valence-corrected chi connectivity index (χ1v) is 9.84. The van der Waals surface area contributed by atoms with Crippen LogP contribution in [0.15, 0.2) is 54.6 Å². The normalized spacial score (nSPS) is 15.0. The topological polar surface area (TPSA) is 62.8 Å². The number of methoxy groups -OCH3 is 1. The number of nitrogens with zero attached hydrogens (tertiary/aromatic N) is 1. The third-order valence-corrected chi connectivity index (χ3v) is 4.94. The average molecular weight is 383 g/mol. The number of carbonyl (C=O) groups is 1. The van der Waals surface area contributed by atoms with E-state index >= 15 is 0 Å². The molecule has 1 saturated heterocycles. The van der Waals surface area contributed by atoms with E-state index in [0.717, 1.165) is 24.6 Å². The number of hydrogen-bond acceptors (Lipinski definition) is 4. The Morgan fingerprint density at radius 2 is 1.68 bits per heavy atom. The van der Waals surface area contributed by atoms with Crippen molar-refractivity contribution in [1.29, 1.82) is 0 Å². The molecule has 0 radical (unpaired) electrons. The third kappa shape index (κ3) is 5.89. The Morgan fingerprint density at radius 3 is 2.36 bits per heavy atom. The lowest BCUT2D eigenvalue weighted by molar-refractivity contribution is 0.218. The molecule has 2 N–H and O–H groups in total. The quantitative estimate of drug-likeness (QED) is 0.653.